The van der Waals surface area contributed by atoms with Crippen molar-refractivity contribution in [3.8, 4) is 0 Å². The number of amides is 2. The Kier molecular flexibility index (Phi) is 14.2. The Morgan fingerprint density at radius 2 is 0.833 bits per heavy atom. The van der Waals surface area contributed by atoms with Crippen LogP contribution in [-0.4, -0.2) is 65.6 Å². The number of aliphatic imine (C=N–C) groups is 2. The van der Waals surface area contributed by atoms with Gasteiger partial charge in [-0.15, -0.1) is 0 Å². The fourth-order valence-corrected chi connectivity index (χ4v) is 6.28. The molecule has 0 saturated heterocycles. The van der Waals surface area contributed by atoms with Crippen LogP contribution in [0.15, 0.2) is 108 Å². The third-order valence-electron chi connectivity index (χ3n) is 9.01. The summed E-state index contributed by atoms with van der Waals surface area (Å²) in [5.74, 6) is -3.45. The largest absolute Gasteiger partial charge is 0.481 e. The van der Waals surface area contributed by atoms with Crippen molar-refractivity contribution in [1.29, 1.82) is 0 Å². The highest BCUT2D eigenvalue weighted by Crippen LogP contribution is 2.31. The lowest BCUT2D eigenvalue weighted by atomic mass is 9.79. The van der Waals surface area contributed by atoms with Gasteiger partial charge in [0.25, 0.3) is 0 Å². The van der Waals surface area contributed by atoms with Crippen LogP contribution < -0.4 is 21.7 Å². The third kappa shape index (κ3) is 11.2. The number of hydrogen-bond donors (Lipinski definition) is 6. The SMILES string of the molecule is O=C(NN/C(=N/c1ccccn1)c1ccccn1)[C@H]1CCCC[C@H]1C(=O)O.O=C(NN/C(=N\c1ccccn1)c1ccccn1)[C@H]1CCCC[C@H]1C(=O)O. The number of carboxylic acids is 2. The topological polar surface area (TPSA) is 233 Å². The van der Waals surface area contributed by atoms with Gasteiger partial charge in [-0.2, -0.15) is 0 Å². The molecule has 4 aromatic rings. The summed E-state index contributed by atoms with van der Waals surface area (Å²) in [5.41, 5.74) is 11.9. The molecule has 0 unspecified atom stereocenters. The van der Waals surface area contributed by atoms with E-state index in [1.807, 2.05) is 0 Å². The molecule has 6 rings (SSSR count). The van der Waals surface area contributed by atoms with Gasteiger partial charge >= 0.3 is 11.9 Å². The first kappa shape index (κ1) is 38.6. The minimum atomic E-state index is -0.929. The smallest absolute Gasteiger partial charge is 0.307 e. The van der Waals surface area contributed by atoms with Crippen LogP contribution in [0, 0.1) is 23.7 Å². The zero-order valence-corrected chi connectivity index (χ0v) is 29.4. The van der Waals surface area contributed by atoms with E-state index in [1.54, 1.807) is 97.6 Å². The molecule has 2 fully saturated rings. The molecule has 4 aromatic heterocycles. The first-order valence-electron chi connectivity index (χ1n) is 17.7. The molecular formula is C38H42N10O6. The van der Waals surface area contributed by atoms with Crippen LogP contribution >= 0.6 is 0 Å². The lowest BCUT2D eigenvalue weighted by Crippen LogP contribution is -2.48. The fourth-order valence-electron chi connectivity index (χ4n) is 6.28. The maximum atomic E-state index is 12.6. The summed E-state index contributed by atoms with van der Waals surface area (Å²) in [4.78, 5) is 73.6. The summed E-state index contributed by atoms with van der Waals surface area (Å²) in [6, 6.07) is 21.3. The lowest BCUT2D eigenvalue weighted by molar-refractivity contribution is -0.149. The Labute approximate surface area is 311 Å². The zero-order valence-electron chi connectivity index (χ0n) is 29.4. The van der Waals surface area contributed by atoms with E-state index in [0.717, 1.165) is 25.7 Å². The monoisotopic (exact) mass is 734 g/mol. The molecule has 4 heterocycles. The number of carboxylic acid groups (broad SMARTS) is 2. The number of nitrogens with one attached hydrogen (secondary N) is 4. The number of nitrogens with zero attached hydrogens (tertiary/aromatic N) is 6. The van der Waals surface area contributed by atoms with Crippen LogP contribution in [0.1, 0.15) is 62.8 Å². The molecule has 2 amide bonds. The number of amidine groups is 2. The molecule has 2 aliphatic rings. The van der Waals surface area contributed by atoms with Gasteiger partial charge in [0.1, 0.15) is 11.4 Å². The second-order valence-corrected chi connectivity index (χ2v) is 12.6. The Balaban J connectivity index is 0.000000208. The molecule has 4 atom stereocenters. The first-order chi connectivity index (χ1) is 26.3. The summed E-state index contributed by atoms with van der Waals surface area (Å²) in [6.45, 7) is 0. The third-order valence-corrected chi connectivity index (χ3v) is 9.01. The van der Waals surface area contributed by atoms with E-state index in [2.05, 4.69) is 51.6 Å². The number of rotatable bonds is 8. The van der Waals surface area contributed by atoms with Crippen LogP contribution in [0.3, 0.4) is 0 Å². The number of carbonyl (C=O) groups is 4. The van der Waals surface area contributed by atoms with Gasteiger partial charge in [-0.1, -0.05) is 49.9 Å². The Morgan fingerprint density at radius 1 is 0.481 bits per heavy atom. The average molecular weight is 735 g/mol. The molecule has 0 bridgehead atoms. The van der Waals surface area contributed by atoms with Crippen LogP contribution in [0.2, 0.25) is 0 Å². The van der Waals surface area contributed by atoms with Crippen molar-refractivity contribution in [2.24, 2.45) is 33.7 Å². The minimum Gasteiger partial charge on any atom is -0.481 e. The van der Waals surface area contributed by atoms with Crippen molar-refractivity contribution in [2.75, 3.05) is 0 Å². The molecule has 2 aliphatic carbocycles. The average Bonchev–Trinajstić information content (AvgIpc) is 3.22. The predicted molar refractivity (Wildman–Crippen MR) is 198 cm³/mol. The Bertz CT molecular complexity index is 1760. The highest BCUT2D eigenvalue weighted by Gasteiger charge is 2.37. The van der Waals surface area contributed by atoms with Crippen molar-refractivity contribution in [3.05, 3.63) is 109 Å². The molecule has 0 aromatic carbocycles. The minimum absolute atomic E-state index is 0.324. The molecule has 54 heavy (non-hydrogen) atoms. The molecule has 2 saturated carbocycles. The van der Waals surface area contributed by atoms with E-state index in [4.69, 9.17) is 0 Å². The summed E-state index contributed by atoms with van der Waals surface area (Å²) < 4.78 is 0. The number of aliphatic carboxylic acids is 2. The van der Waals surface area contributed by atoms with Crippen LogP contribution in [0.25, 0.3) is 0 Å². The molecular weight excluding hydrogens is 692 g/mol. The van der Waals surface area contributed by atoms with Crippen molar-refractivity contribution in [3.63, 3.8) is 0 Å². The van der Waals surface area contributed by atoms with Gasteiger partial charge in [0.2, 0.25) is 11.8 Å². The maximum absolute atomic E-state index is 12.6. The summed E-state index contributed by atoms with van der Waals surface area (Å²) in [6.07, 6.45) is 12.0. The lowest BCUT2D eigenvalue weighted by Gasteiger charge is -2.27. The van der Waals surface area contributed by atoms with Gasteiger partial charge in [-0.25, -0.2) is 20.0 Å². The van der Waals surface area contributed by atoms with Gasteiger partial charge in [-0.3, -0.25) is 50.8 Å². The molecule has 16 heteroatoms. The number of carbonyl (C=O) groups excluding carboxylic acids is 2. The molecule has 0 spiro atoms. The summed E-state index contributed by atoms with van der Waals surface area (Å²) >= 11 is 0. The quantitative estimate of drug-likeness (QED) is 0.0852. The van der Waals surface area contributed by atoms with Gasteiger partial charge in [0.15, 0.2) is 23.3 Å². The van der Waals surface area contributed by atoms with Crippen molar-refractivity contribution in [1.82, 2.24) is 41.6 Å². The van der Waals surface area contributed by atoms with Gasteiger partial charge < -0.3 is 10.2 Å². The number of pyridine rings is 4. The van der Waals surface area contributed by atoms with Crippen LogP contribution in [0.5, 0.6) is 0 Å². The first-order valence-corrected chi connectivity index (χ1v) is 17.7. The van der Waals surface area contributed by atoms with Gasteiger partial charge in [-0.05, 0) is 74.2 Å². The van der Waals surface area contributed by atoms with E-state index >= 15 is 0 Å². The zero-order chi connectivity index (χ0) is 38.1. The Hall–Kier alpha value is -6.58. The van der Waals surface area contributed by atoms with E-state index < -0.39 is 35.6 Å². The van der Waals surface area contributed by atoms with Crippen molar-refractivity contribution >= 4 is 47.1 Å². The standard InChI is InChI=1S/2C19H21N5O3/c2*25-18(13-7-1-2-8-14(13)19(26)27)24-23-17(15-9-3-5-11-20-15)22-16-10-4-6-12-21-16/h2*3-6,9-14H,1-2,7-8H2,(H,24,25)(H,26,27)(H,21,22,23)/t2*13-,14+/m00/s1. The summed E-state index contributed by atoms with van der Waals surface area (Å²) in [5, 5.41) is 18.7. The van der Waals surface area contributed by atoms with Crippen LogP contribution in [-0.2, 0) is 19.2 Å². The molecule has 6 N–H and O–H groups in total. The maximum Gasteiger partial charge on any atom is 0.307 e. The highest BCUT2D eigenvalue weighted by atomic mass is 16.4. The van der Waals surface area contributed by atoms with E-state index in [0.29, 0.717) is 60.4 Å². The summed E-state index contributed by atoms with van der Waals surface area (Å²) in [7, 11) is 0. The predicted octanol–water partition coefficient (Wildman–Crippen LogP) is 4.13. The molecule has 280 valence electrons. The van der Waals surface area contributed by atoms with Gasteiger partial charge in [0.05, 0.1) is 23.7 Å². The molecule has 16 nitrogen and oxygen atoms in total. The van der Waals surface area contributed by atoms with Crippen molar-refractivity contribution < 1.29 is 29.4 Å². The van der Waals surface area contributed by atoms with E-state index in [-0.39, 0.29) is 11.8 Å². The van der Waals surface area contributed by atoms with Crippen LogP contribution in [0.4, 0.5) is 11.6 Å². The van der Waals surface area contributed by atoms with Gasteiger partial charge in [0, 0.05) is 24.8 Å². The number of hydrazine groups is 2. The number of aromatic nitrogens is 4. The second-order valence-electron chi connectivity index (χ2n) is 12.6. The Morgan fingerprint density at radius 3 is 1.15 bits per heavy atom. The fraction of sp³-hybridized carbons (Fsp3) is 0.316. The van der Waals surface area contributed by atoms with E-state index in [1.165, 1.54) is 0 Å². The molecule has 0 radical (unpaired) electrons. The van der Waals surface area contributed by atoms with E-state index in [9.17, 15) is 29.4 Å². The normalized spacial score (nSPS) is 19.9. The highest BCUT2D eigenvalue weighted by molar-refractivity contribution is 6.00. The van der Waals surface area contributed by atoms with Crippen molar-refractivity contribution in [2.45, 2.75) is 51.4 Å². The molecule has 0 aliphatic heterocycles. The second kappa shape index (κ2) is 19.9. The number of hydrogen-bond acceptors (Lipinski definition) is 10.